The number of nitrogens with zero attached hydrogens (tertiary/aromatic N) is 1. The average molecular weight is 250 g/mol. The Morgan fingerprint density at radius 1 is 1.28 bits per heavy atom. The highest BCUT2D eigenvalue weighted by atomic mass is 15.3. The largest absolute Gasteiger partial charge is 0.310 e. The van der Waals surface area contributed by atoms with Crippen molar-refractivity contribution in [2.75, 3.05) is 19.6 Å². The van der Waals surface area contributed by atoms with Crippen LogP contribution in [0, 0.1) is 5.41 Å². The summed E-state index contributed by atoms with van der Waals surface area (Å²) in [6.07, 6.45) is 9.04. The molecule has 2 rings (SSSR count). The highest BCUT2D eigenvalue weighted by Gasteiger charge is 2.43. The molecule has 0 bridgehead atoms. The van der Waals surface area contributed by atoms with Crippen molar-refractivity contribution >= 4 is 0 Å². The molecule has 2 aliphatic rings. The van der Waals surface area contributed by atoms with Crippen LogP contribution in [0.5, 0.6) is 0 Å². The first-order valence-corrected chi connectivity index (χ1v) is 7.57. The lowest BCUT2D eigenvalue weighted by Gasteiger charge is -2.54. The number of hydrogen-bond acceptors (Lipinski definition) is 2. The van der Waals surface area contributed by atoms with Gasteiger partial charge in [0.15, 0.2) is 0 Å². The van der Waals surface area contributed by atoms with Gasteiger partial charge >= 0.3 is 0 Å². The molecule has 2 fully saturated rings. The van der Waals surface area contributed by atoms with Crippen molar-refractivity contribution in [1.82, 2.24) is 10.2 Å². The molecular weight excluding hydrogens is 220 g/mol. The van der Waals surface area contributed by atoms with Crippen LogP contribution in [-0.4, -0.2) is 36.1 Å². The van der Waals surface area contributed by atoms with E-state index in [1.807, 2.05) is 0 Å². The fraction of sp³-hybridized carbons (Fsp3) is 0.875. The Kier molecular flexibility index (Phi) is 4.18. The molecular formula is C16H30N2. The van der Waals surface area contributed by atoms with E-state index in [2.05, 4.69) is 43.6 Å². The molecule has 2 heteroatoms. The van der Waals surface area contributed by atoms with E-state index >= 15 is 0 Å². The third-order valence-electron chi connectivity index (χ3n) is 4.93. The van der Waals surface area contributed by atoms with E-state index in [1.54, 1.807) is 0 Å². The molecule has 1 atom stereocenters. The fourth-order valence-corrected chi connectivity index (χ4v) is 3.61. The summed E-state index contributed by atoms with van der Waals surface area (Å²) < 4.78 is 0. The Bertz CT molecular complexity index is 284. The van der Waals surface area contributed by atoms with Gasteiger partial charge in [0.1, 0.15) is 0 Å². The maximum atomic E-state index is 3.96. The van der Waals surface area contributed by atoms with Crippen LogP contribution in [-0.2, 0) is 0 Å². The van der Waals surface area contributed by atoms with Crippen LogP contribution < -0.4 is 5.32 Å². The van der Waals surface area contributed by atoms with Crippen LogP contribution in [0.3, 0.4) is 0 Å². The minimum absolute atomic E-state index is 0.343. The Labute approximate surface area is 113 Å². The Morgan fingerprint density at radius 2 is 1.94 bits per heavy atom. The molecule has 1 heterocycles. The summed E-state index contributed by atoms with van der Waals surface area (Å²) in [5.41, 5.74) is 0.768. The third kappa shape index (κ3) is 2.80. The van der Waals surface area contributed by atoms with Gasteiger partial charge in [0.05, 0.1) is 0 Å². The molecule has 0 aromatic heterocycles. The molecule has 1 saturated heterocycles. The van der Waals surface area contributed by atoms with Crippen molar-refractivity contribution in [3.63, 3.8) is 0 Å². The van der Waals surface area contributed by atoms with Crippen LogP contribution in [0.1, 0.15) is 52.9 Å². The van der Waals surface area contributed by atoms with E-state index in [0.29, 0.717) is 17.0 Å². The van der Waals surface area contributed by atoms with Crippen molar-refractivity contribution in [3.05, 3.63) is 12.7 Å². The summed E-state index contributed by atoms with van der Waals surface area (Å²) in [5, 5.41) is 3.83. The Morgan fingerprint density at radius 3 is 2.50 bits per heavy atom. The van der Waals surface area contributed by atoms with Crippen molar-refractivity contribution in [2.24, 2.45) is 5.41 Å². The van der Waals surface area contributed by atoms with Gasteiger partial charge in [-0.05, 0) is 18.3 Å². The zero-order valence-corrected chi connectivity index (χ0v) is 12.5. The highest BCUT2D eigenvalue weighted by Crippen LogP contribution is 2.37. The van der Waals surface area contributed by atoms with Crippen molar-refractivity contribution < 1.29 is 0 Å². The minimum atomic E-state index is 0.343. The topological polar surface area (TPSA) is 15.3 Å². The predicted octanol–water partition coefficient (Wildman–Crippen LogP) is 3.20. The van der Waals surface area contributed by atoms with Crippen LogP contribution in [0.15, 0.2) is 12.7 Å². The average Bonchev–Trinajstić information content (AvgIpc) is 2.32. The van der Waals surface area contributed by atoms with E-state index in [-0.39, 0.29) is 0 Å². The SMILES string of the molecule is C=CCN1CC(C(C)(C)C)NCC12CCCCC2. The summed E-state index contributed by atoms with van der Waals surface area (Å²) in [4.78, 5) is 2.71. The molecule has 2 nitrogen and oxygen atoms in total. The lowest BCUT2D eigenvalue weighted by Crippen LogP contribution is -2.67. The van der Waals surface area contributed by atoms with Gasteiger partial charge in [0.2, 0.25) is 0 Å². The second-order valence-electron chi connectivity index (χ2n) is 7.28. The van der Waals surface area contributed by atoms with E-state index < -0.39 is 0 Å². The second kappa shape index (κ2) is 5.34. The first-order valence-electron chi connectivity index (χ1n) is 7.57. The van der Waals surface area contributed by atoms with Crippen molar-refractivity contribution in [2.45, 2.75) is 64.5 Å². The van der Waals surface area contributed by atoms with E-state index in [1.165, 1.54) is 45.2 Å². The summed E-state index contributed by atoms with van der Waals surface area (Å²) in [7, 11) is 0. The first-order chi connectivity index (χ1) is 8.48. The number of hydrogen-bond donors (Lipinski definition) is 1. The summed E-state index contributed by atoms with van der Waals surface area (Å²) >= 11 is 0. The van der Waals surface area contributed by atoms with Gasteiger partial charge in [0, 0.05) is 31.2 Å². The molecule has 1 saturated carbocycles. The normalized spacial score (nSPS) is 29.4. The first kappa shape index (κ1) is 14.1. The van der Waals surface area contributed by atoms with Gasteiger partial charge in [0.25, 0.3) is 0 Å². The fourth-order valence-electron chi connectivity index (χ4n) is 3.61. The van der Waals surface area contributed by atoms with E-state index in [9.17, 15) is 0 Å². The smallest absolute Gasteiger partial charge is 0.0338 e. The molecule has 18 heavy (non-hydrogen) atoms. The molecule has 0 aromatic carbocycles. The quantitative estimate of drug-likeness (QED) is 0.757. The van der Waals surface area contributed by atoms with Gasteiger partial charge in [-0.2, -0.15) is 0 Å². The zero-order chi connectivity index (χ0) is 13.2. The second-order valence-corrected chi connectivity index (χ2v) is 7.28. The van der Waals surface area contributed by atoms with Gasteiger partial charge in [-0.15, -0.1) is 6.58 Å². The molecule has 1 unspecified atom stereocenters. The molecule has 0 amide bonds. The molecule has 1 N–H and O–H groups in total. The molecule has 0 aromatic rings. The van der Waals surface area contributed by atoms with Crippen molar-refractivity contribution in [1.29, 1.82) is 0 Å². The minimum Gasteiger partial charge on any atom is -0.310 e. The third-order valence-corrected chi connectivity index (χ3v) is 4.93. The monoisotopic (exact) mass is 250 g/mol. The lowest BCUT2D eigenvalue weighted by molar-refractivity contribution is -0.00171. The van der Waals surface area contributed by atoms with Crippen molar-refractivity contribution in [3.8, 4) is 0 Å². The number of rotatable bonds is 2. The van der Waals surface area contributed by atoms with Crippen LogP contribution >= 0.6 is 0 Å². The maximum absolute atomic E-state index is 3.96. The van der Waals surface area contributed by atoms with Gasteiger partial charge in [-0.1, -0.05) is 46.1 Å². The van der Waals surface area contributed by atoms with E-state index in [0.717, 1.165) is 6.54 Å². The van der Waals surface area contributed by atoms with Crippen LogP contribution in [0.2, 0.25) is 0 Å². The molecule has 1 spiro atoms. The van der Waals surface area contributed by atoms with Crippen LogP contribution in [0.4, 0.5) is 0 Å². The number of piperazine rings is 1. The molecule has 0 radical (unpaired) electrons. The molecule has 104 valence electrons. The Balaban J connectivity index is 2.11. The Hall–Kier alpha value is -0.340. The standard InChI is InChI=1S/C16H30N2/c1-5-11-18-12-14(15(2,3)4)17-13-16(18)9-7-6-8-10-16/h5,14,17H,1,6-13H2,2-4H3. The van der Waals surface area contributed by atoms with Gasteiger partial charge in [-0.25, -0.2) is 0 Å². The molecule has 1 aliphatic heterocycles. The summed E-state index contributed by atoms with van der Waals surface area (Å²) in [5.74, 6) is 0. The lowest BCUT2D eigenvalue weighted by atomic mass is 9.75. The highest BCUT2D eigenvalue weighted by molar-refractivity contribution is 5.03. The van der Waals surface area contributed by atoms with E-state index in [4.69, 9.17) is 0 Å². The summed E-state index contributed by atoms with van der Waals surface area (Å²) in [6, 6.07) is 0.602. The van der Waals surface area contributed by atoms with Gasteiger partial charge < -0.3 is 5.32 Å². The predicted molar refractivity (Wildman–Crippen MR) is 78.8 cm³/mol. The summed E-state index contributed by atoms with van der Waals surface area (Å²) in [6.45, 7) is 14.4. The zero-order valence-electron chi connectivity index (χ0n) is 12.5. The van der Waals surface area contributed by atoms with Gasteiger partial charge in [-0.3, -0.25) is 4.90 Å². The van der Waals surface area contributed by atoms with Crippen LogP contribution in [0.25, 0.3) is 0 Å². The molecule has 1 aliphatic carbocycles. The number of nitrogens with one attached hydrogen (secondary N) is 1. The maximum Gasteiger partial charge on any atom is 0.0338 e.